The molecule has 1 aromatic heterocycles. The first-order chi connectivity index (χ1) is 11.2. The molecule has 118 valence electrons. The number of piperazine rings is 1. The van der Waals surface area contributed by atoms with E-state index >= 15 is 0 Å². The Labute approximate surface area is 135 Å². The van der Waals surface area contributed by atoms with Gasteiger partial charge >= 0.3 is 0 Å². The summed E-state index contributed by atoms with van der Waals surface area (Å²) in [5.41, 5.74) is 5.57. The maximum Gasteiger partial charge on any atom is 0.180 e. The van der Waals surface area contributed by atoms with Crippen molar-refractivity contribution in [3.63, 3.8) is 0 Å². The number of hydrogen-bond acceptors (Lipinski definition) is 5. The number of aromatic amines is 1. The van der Waals surface area contributed by atoms with Gasteiger partial charge in [-0.3, -0.25) is 5.10 Å². The maximum atomic E-state index is 9.05. The van der Waals surface area contributed by atoms with Crippen LogP contribution in [0.2, 0.25) is 0 Å². The first-order valence-electron chi connectivity index (χ1n) is 7.99. The Balaban J connectivity index is 1.55. The van der Waals surface area contributed by atoms with Crippen LogP contribution < -0.4 is 4.90 Å². The molecule has 0 atom stereocenters. The number of fused-ring (bicyclic) bond motifs is 1. The van der Waals surface area contributed by atoms with E-state index in [1.165, 1.54) is 5.69 Å². The smallest absolute Gasteiger partial charge is 0.180 e. The molecule has 0 unspecified atom stereocenters. The van der Waals surface area contributed by atoms with Crippen molar-refractivity contribution in [1.29, 1.82) is 5.26 Å². The van der Waals surface area contributed by atoms with Crippen molar-refractivity contribution in [1.82, 2.24) is 20.0 Å². The molecule has 6 nitrogen and oxygen atoms in total. The van der Waals surface area contributed by atoms with Crippen molar-refractivity contribution in [2.45, 2.75) is 13.1 Å². The van der Waals surface area contributed by atoms with E-state index in [9.17, 15) is 0 Å². The van der Waals surface area contributed by atoms with Crippen LogP contribution in [0.1, 0.15) is 11.3 Å². The fourth-order valence-electron chi connectivity index (χ4n) is 3.34. The fraction of sp³-hybridized carbons (Fsp3) is 0.412. The summed E-state index contributed by atoms with van der Waals surface area (Å²) >= 11 is 0. The zero-order chi connectivity index (χ0) is 15.8. The summed E-state index contributed by atoms with van der Waals surface area (Å²) in [7, 11) is 2.17. The van der Waals surface area contributed by atoms with Gasteiger partial charge in [0, 0.05) is 43.0 Å². The average molecular weight is 308 g/mol. The van der Waals surface area contributed by atoms with Gasteiger partial charge in [-0.15, -0.1) is 0 Å². The zero-order valence-corrected chi connectivity index (χ0v) is 13.3. The van der Waals surface area contributed by atoms with Gasteiger partial charge in [0.05, 0.1) is 24.5 Å². The maximum absolute atomic E-state index is 9.05. The van der Waals surface area contributed by atoms with Crippen LogP contribution in [-0.2, 0) is 13.1 Å². The minimum atomic E-state index is 0.637. The zero-order valence-electron chi connectivity index (χ0n) is 13.3. The number of anilines is 1. The first-order valence-corrected chi connectivity index (χ1v) is 7.99. The Hall–Kier alpha value is -2.52. The molecule has 0 saturated carbocycles. The SMILES string of the molecule is CN1CCN(c2ccc(-c3n[nH]c4c3CN(C#N)C4)cc2)CC1. The summed E-state index contributed by atoms with van der Waals surface area (Å²) in [6.45, 7) is 5.66. The number of benzene rings is 1. The number of nitrogens with zero attached hydrogens (tertiary/aromatic N) is 5. The molecule has 1 aromatic carbocycles. The van der Waals surface area contributed by atoms with Gasteiger partial charge in [-0.05, 0) is 19.2 Å². The third kappa shape index (κ3) is 2.53. The Morgan fingerprint density at radius 3 is 2.52 bits per heavy atom. The largest absolute Gasteiger partial charge is 0.369 e. The van der Waals surface area contributed by atoms with Gasteiger partial charge < -0.3 is 14.7 Å². The van der Waals surface area contributed by atoms with Crippen molar-refractivity contribution >= 4 is 5.69 Å². The lowest BCUT2D eigenvalue weighted by atomic mass is 10.1. The number of nitrogens with one attached hydrogen (secondary N) is 1. The van der Waals surface area contributed by atoms with Gasteiger partial charge in [-0.25, -0.2) is 0 Å². The van der Waals surface area contributed by atoms with Crippen molar-refractivity contribution < 1.29 is 0 Å². The van der Waals surface area contributed by atoms with Crippen LogP contribution in [0.4, 0.5) is 5.69 Å². The molecule has 1 fully saturated rings. The monoisotopic (exact) mass is 308 g/mol. The highest BCUT2D eigenvalue weighted by atomic mass is 15.2. The predicted octanol–water partition coefficient (Wildman–Crippen LogP) is 1.63. The lowest BCUT2D eigenvalue weighted by Gasteiger charge is -2.34. The van der Waals surface area contributed by atoms with Crippen LogP contribution in [0.3, 0.4) is 0 Å². The van der Waals surface area contributed by atoms with E-state index in [0.29, 0.717) is 13.1 Å². The molecule has 0 radical (unpaired) electrons. The van der Waals surface area contributed by atoms with Gasteiger partial charge in [-0.1, -0.05) is 12.1 Å². The Kier molecular flexibility index (Phi) is 3.43. The minimum Gasteiger partial charge on any atom is -0.369 e. The molecule has 3 heterocycles. The van der Waals surface area contributed by atoms with Crippen LogP contribution in [0.25, 0.3) is 11.3 Å². The standard InChI is InChI=1S/C17H20N6/c1-21-6-8-23(9-7-21)14-4-2-13(3-5-14)17-15-10-22(12-18)11-16(15)19-20-17/h2-5H,6-11H2,1H3,(H,19,20). The third-order valence-corrected chi connectivity index (χ3v) is 4.80. The van der Waals surface area contributed by atoms with Crippen molar-refractivity contribution in [2.75, 3.05) is 38.1 Å². The summed E-state index contributed by atoms with van der Waals surface area (Å²) in [5, 5.41) is 16.6. The quantitative estimate of drug-likeness (QED) is 0.854. The number of likely N-dealkylation sites (N-methyl/N-ethyl adjacent to an activating group) is 1. The molecule has 2 aliphatic heterocycles. The molecule has 0 spiro atoms. The Bertz CT molecular complexity index is 733. The lowest BCUT2D eigenvalue weighted by Crippen LogP contribution is -2.44. The van der Waals surface area contributed by atoms with Crippen molar-refractivity contribution in [3.05, 3.63) is 35.5 Å². The molecule has 0 bridgehead atoms. The van der Waals surface area contributed by atoms with Gasteiger partial charge in [-0.2, -0.15) is 10.4 Å². The summed E-state index contributed by atoms with van der Waals surface area (Å²) in [6.07, 6.45) is 2.21. The van der Waals surface area contributed by atoms with Gasteiger partial charge in [0.1, 0.15) is 0 Å². The van der Waals surface area contributed by atoms with E-state index in [0.717, 1.165) is 48.7 Å². The number of hydrogen-bond donors (Lipinski definition) is 1. The number of rotatable bonds is 2. The molecule has 6 heteroatoms. The molecule has 0 aliphatic carbocycles. The highest BCUT2D eigenvalue weighted by Crippen LogP contribution is 2.31. The number of nitriles is 1. The number of aromatic nitrogens is 2. The normalized spacial score (nSPS) is 18.1. The molecular weight excluding hydrogens is 288 g/mol. The topological polar surface area (TPSA) is 62.2 Å². The first kappa shape index (κ1) is 14.1. The average Bonchev–Trinajstić information content (AvgIpc) is 3.16. The molecular formula is C17H20N6. The molecule has 2 aliphatic rings. The highest BCUT2D eigenvalue weighted by Gasteiger charge is 2.24. The van der Waals surface area contributed by atoms with E-state index in [-0.39, 0.29) is 0 Å². The van der Waals surface area contributed by atoms with Crippen molar-refractivity contribution in [3.8, 4) is 17.5 Å². The van der Waals surface area contributed by atoms with Crippen LogP contribution in [-0.4, -0.2) is 53.2 Å². The van der Waals surface area contributed by atoms with E-state index in [1.807, 2.05) is 0 Å². The summed E-state index contributed by atoms with van der Waals surface area (Å²) in [6, 6.07) is 8.63. The summed E-state index contributed by atoms with van der Waals surface area (Å²) < 4.78 is 0. The van der Waals surface area contributed by atoms with E-state index in [4.69, 9.17) is 5.26 Å². The van der Waals surface area contributed by atoms with Gasteiger partial charge in [0.15, 0.2) is 6.19 Å². The van der Waals surface area contributed by atoms with E-state index < -0.39 is 0 Å². The second-order valence-electron chi connectivity index (χ2n) is 6.32. The highest BCUT2D eigenvalue weighted by molar-refractivity contribution is 5.67. The second-order valence-corrected chi connectivity index (χ2v) is 6.32. The summed E-state index contributed by atoms with van der Waals surface area (Å²) in [4.78, 5) is 6.53. The molecule has 1 saturated heterocycles. The van der Waals surface area contributed by atoms with Crippen LogP contribution in [0.15, 0.2) is 24.3 Å². The van der Waals surface area contributed by atoms with Crippen LogP contribution in [0, 0.1) is 11.5 Å². The molecule has 0 amide bonds. The Morgan fingerprint density at radius 2 is 1.83 bits per heavy atom. The molecule has 23 heavy (non-hydrogen) atoms. The van der Waals surface area contributed by atoms with Crippen LogP contribution in [0.5, 0.6) is 0 Å². The lowest BCUT2D eigenvalue weighted by molar-refractivity contribution is 0.313. The summed E-state index contributed by atoms with van der Waals surface area (Å²) in [5.74, 6) is 0. The van der Waals surface area contributed by atoms with E-state index in [1.54, 1.807) is 4.90 Å². The second kappa shape index (κ2) is 5.60. The third-order valence-electron chi connectivity index (χ3n) is 4.80. The van der Waals surface area contributed by atoms with Crippen LogP contribution >= 0.6 is 0 Å². The predicted molar refractivity (Wildman–Crippen MR) is 88.6 cm³/mol. The molecule has 2 aromatic rings. The van der Waals surface area contributed by atoms with E-state index in [2.05, 4.69) is 57.5 Å². The van der Waals surface area contributed by atoms with Gasteiger partial charge in [0.2, 0.25) is 0 Å². The van der Waals surface area contributed by atoms with Crippen molar-refractivity contribution in [2.24, 2.45) is 0 Å². The molecule has 4 rings (SSSR count). The number of H-pyrrole nitrogens is 1. The Morgan fingerprint density at radius 1 is 1.09 bits per heavy atom. The van der Waals surface area contributed by atoms with Gasteiger partial charge in [0.25, 0.3) is 0 Å². The minimum absolute atomic E-state index is 0.637. The fourth-order valence-corrected chi connectivity index (χ4v) is 3.34. The molecule has 1 N–H and O–H groups in total.